The Morgan fingerprint density at radius 1 is 1.47 bits per heavy atom. The minimum atomic E-state index is -2.94. The molecule has 2 rings (SSSR count). The third-order valence-corrected chi connectivity index (χ3v) is 3.35. The molecule has 0 aromatic heterocycles. The van der Waals surface area contributed by atoms with Gasteiger partial charge in [0, 0.05) is 5.56 Å². The maximum absolute atomic E-state index is 14.2. The molecule has 1 fully saturated rings. The molecule has 0 saturated carbocycles. The van der Waals surface area contributed by atoms with Crippen LogP contribution in [0, 0.1) is 0 Å². The van der Waals surface area contributed by atoms with Gasteiger partial charge in [-0.25, -0.2) is 0 Å². The molecule has 2 nitrogen and oxygen atoms in total. The van der Waals surface area contributed by atoms with Crippen LogP contribution in [0.4, 0.5) is 8.78 Å². The lowest BCUT2D eigenvalue weighted by Crippen LogP contribution is -2.38. The molecule has 1 N–H and O–H groups in total. The van der Waals surface area contributed by atoms with Crippen LogP contribution < -0.4 is 10.1 Å². The van der Waals surface area contributed by atoms with Crippen LogP contribution in [0.5, 0.6) is 5.75 Å². The van der Waals surface area contributed by atoms with Gasteiger partial charge in [-0.3, -0.25) is 0 Å². The summed E-state index contributed by atoms with van der Waals surface area (Å²) in [6.07, 6.45) is 1.24. The van der Waals surface area contributed by atoms with Gasteiger partial charge in [0.1, 0.15) is 5.75 Å². The SMILES string of the molecule is COc1ccc(C(F)(F)C2CCCN2)c(Cl)c1. The standard InChI is InChI=1S/C12H14ClF2NO/c1-17-8-4-5-9(10(13)7-8)12(14,15)11-3-2-6-16-11/h4-5,7,11,16H,2-3,6H2,1H3. The van der Waals surface area contributed by atoms with Crippen molar-refractivity contribution in [2.45, 2.75) is 24.8 Å². The molecule has 0 aliphatic carbocycles. The van der Waals surface area contributed by atoms with Gasteiger partial charge in [0.05, 0.1) is 18.2 Å². The third kappa shape index (κ3) is 2.38. The van der Waals surface area contributed by atoms with E-state index in [2.05, 4.69) is 5.32 Å². The highest BCUT2D eigenvalue weighted by molar-refractivity contribution is 6.31. The van der Waals surface area contributed by atoms with Crippen molar-refractivity contribution < 1.29 is 13.5 Å². The van der Waals surface area contributed by atoms with Gasteiger partial charge in [-0.15, -0.1) is 0 Å². The zero-order valence-corrected chi connectivity index (χ0v) is 10.2. The fourth-order valence-electron chi connectivity index (χ4n) is 2.07. The maximum atomic E-state index is 14.2. The lowest BCUT2D eigenvalue weighted by atomic mass is 9.99. The molecule has 1 aromatic carbocycles. The Morgan fingerprint density at radius 3 is 2.76 bits per heavy atom. The number of halogens is 3. The van der Waals surface area contributed by atoms with Crippen molar-refractivity contribution >= 4 is 11.6 Å². The van der Waals surface area contributed by atoms with E-state index in [1.54, 1.807) is 0 Å². The topological polar surface area (TPSA) is 21.3 Å². The molecule has 0 amide bonds. The van der Waals surface area contributed by atoms with Crippen molar-refractivity contribution in [2.75, 3.05) is 13.7 Å². The highest BCUT2D eigenvalue weighted by atomic mass is 35.5. The molecule has 1 aliphatic heterocycles. The van der Waals surface area contributed by atoms with E-state index in [-0.39, 0.29) is 10.6 Å². The zero-order valence-electron chi connectivity index (χ0n) is 9.47. The first-order chi connectivity index (χ1) is 8.05. The second-order valence-corrected chi connectivity index (χ2v) is 4.52. The average molecular weight is 262 g/mol. The Bertz CT molecular complexity index is 405. The minimum absolute atomic E-state index is 0.0445. The largest absolute Gasteiger partial charge is 0.497 e. The van der Waals surface area contributed by atoms with Crippen LogP contribution in [0.2, 0.25) is 5.02 Å². The number of hydrogen-bond donors (Lipinski definition) is 1. The maximum Gasteiger partial charge on any atom is 0.289 e. The van der Waals surface area contributed by atoms with E-state index in [1.807, 2.05) is 0 Å². The highest BCUT2D eigenvalue weighted by Gasteiger charge is 2.43. The van der Waals surface area contributed by atoms with Crippen LogP contribution >= 0.6 is 11.6 Å². The molecule has 5 heteroatoms. The summed E-state index contributed by atoms with van der Waals surface area (Å²) in [7, 11) is 1.47. The fourth-order valence-corrected chi connectivity index (χ4v) is 2.37. The van der Waals surface area contributed by atoms with Gasteiger partial charge in [0.2, 0.25) is 0 Å². The number of benzene rings is 1. The van der Waals surface area contributed by atoms with Crippen molar-refractivity contribution in [3.05, 3.63) is 28.8 Å². The minimum Gasteiger partial charge on any atom is -0.497 e. The first-order valence-corrected chi connectivity index (χ1v) is 5.88. The van der Waals surface area contributed by atoms with Crippen molar-refractivity contribution in [3.63, 3.8) is 0 Å². The fraction of sp³-hybridized carbons (Fsp3) is 0.500. The van der Waals surface area contributed by atoms with E-state index < -0.39 is 12.0 Å². The number of methoxy groups -OCH3 is 1. The van der Waals surface area contributed by atoms with Gasteiger partial charge in [-0.2, -0.15) is 8.78 Å². The van der Waals surface area contributed by atoms with Gasteiger partial charge in [0.25, 0.3) is 5.92 Å². The van der Waals surface area contributed by atoms with Gasteiger partial charge >= 0.3 is 0 Å². The molecule has 1 aliphatic rings. The molecule has 94 valence electrons. The van der Waals surface area contributed by atoms with E-state index in [0.717, 1.165) is 6.42 Å². The lowest BCUT2D eigenvalue weighted by molar-refractivity contribution is -0.0375. The van der Waals surface area contributed by atoms with Crippen molar-refractivity contribution in [2.24, 2.45) is 0 Å². The molecule has 0 spiro atoms. The molecule has 17 heavy (non-hydrogen) atoms. The number of alkyl halides is 2. The number of hydrogen-bond acceptors (Lipinski definition) is 2. The van der Waals surface area contributed by atoms with Crippen molar-refractivity contribution in [1.82, 2.24) is 5.32 Å². The van der Waals surface area contributed by atoms with Crippen molar-refractivity contribution in [3.8, 4) is 5.75 Å². The first kappa shape index (κ1) is 12.6. The lowest BCUT2D eigenvalue weighted by Gasteiger charge is -2.24. The molecule has 0 radical (unpaired) electrons. The molecule has 0 bridgehead atoms. The van der Waals surface area contributed by atoms with Gasteiger partial charge in [-0.1, -0.05) is 11.6 Å². The normalized spacial score (nSPS) is 20.6. The Hall–Kier alpha value is -0.870. The van der Waals surface area contributed by atoms with Crippen LogP contribution in [0.15, 0.2) is 18.2 Å². The summed E-state index contributed by atoms with van der Waals surface area (Å²) < 4.78 is 33.3. The molecule has 1 atom stereocenters. The van der Waals surface area contributed by atoms with Crippen LogP contribution in [-0.2, 0) is 5.92 Å². The van der Waals surface area contributed by atoms with Crippen LogP contribution in [0.25, 0.3) is 0 Å². The summed E-state index contributed by atoms with van der Waals surface area (Å²) in [4.78, 5) is 0. The summed E-state index contributed by atoms with van der Waals surface area (Å²) in [5, 5.41) is 2.86. The zero-order chi connectivity index (χ0) is 12.5. The smallest absolute Gasteiger partial charge is 0.289 e. The summed E-state index contributed by atoms with van der Waals surface area (Å²) in [5.74, 6) is -2.46. The van der Waals surface area contributed by atoms with E-state index in [1.165, 1.54) is 25.3 Å². The van der Waals surface area contributed by atoms with Gasteiger partial charge in [-0.05, 0) is 37.6 Å². The summed E-state index contributed by atoms with van der Waals surface area (Å²) in [6.45, 7) is 0.633. The van der Waals surface area contributed by atoms with Gasteiger partial charge in [0.15, 0.2) is 0 Å². The van der Waals surface area contributed by atoms with E-state index in [0.29, 0.717) is 18.7 Å². The van der Waals surface area contributed by atoms with Crippen LogP contribution in [0.3, 0.4) is 0 Å². The Kier molecular flexibility index (Phi) is 3.54. The summed E-state index contributed by atoms with van der Waals surface area (Å²) in [5.41, 5.74) is -0.139. The summed E-state index contributed by atoms with van der Waals surface area (Å²) in [6, 6.07) is 3.43. The van der Waals surface area contributed by atoms with E-state index in [9.17, 15) is 8.78 Å². The van der Waals surface area contributed by atoms with E-state index in [4.69, 9.17) is 16.3 Å². The predicted molar refractivity (Wildman–Crippen MR) is 62.9 cm³/mol. The predicted octanol–water partition coefficient (Wildman–Crippen LogP) is 3.19. The number of rotatable bonds is 3. The molecular weight excluding hydrogens is 248 g/mol. The number of ether oxygens (including phenoxy) is 1. The van der Waals surface area contributed by atoms with E-state index >= 15 is 0 Å². The van der Waals surface area contributed by atoms with Crippen LogP contribution in [0.1, 0.15) is 18.4 Å². The Labute approximate surface area is 104 Å². The molecule has 1 heterocycles. The third-order valence-electron chi connectivity index (χ3n) is 3.03. The Balaban J connectivity index is 2.31. The average Bonchev–Trinajstić information content (AvgIpc) is 2.82. The first-order valence-electron chi connectivity index (χ1n) is 5.51. The number of nitrogens with one attached hydrogen (secondary N) is 1. The molecular formula is C12H14ClF2NO. The van der Waals surface area contributed by atoms with Crippen molar-refractivity contribution in [1.29, 1.82) is 0 Å². The monoisotopic (exact) mass is 261 g/mol. The highest BCUT2D eigenvalue weighted by Crippen LogP contribution is 2.40. The molecule has 1 unspecified atom stereocenters. The summed E-state index contributed by atoms with van der Waals surface area (Å²) >= 11 is 5.88. The second kappa shape index (κ2) is 4.78. The quantitative estimate of drug-likeness (QED) is 0.902. The Morgan fingerprint density at radius 2 is 2.24 bits per heavy atom. The molecule has 1 saturated heterocycles. The molecule has 1 aromatic rings. The van der Waals surface area contributed by atoms with Crippen LogP contribution in [-0.4, -0.2) is 19.7 Å². The van der Waals surface area contributed by atoms with Gasteiger partial charge < -0.3 is 10.1 Å². The second-order valence-electron chi connectivity index (χ2n) is 4.12.